The third-order valence-corrected chi connectivity index (χ3v) is 5.19. The second-order valence-corrected chi connectivity index (χ2v) is 7.04. The summed E-state index contributed by atoms with van der Waals surface area (Å²) in [6.07, 6.45) is -1.42. The van der Waals surface area contributed by atoms with Crippen molar-refractivity contribution in [2.45, 2.75) is 25.5 Å². The average Bonchev–Trinajstić information content (AvgIpc) is 3.08. The molecule has 1 aromatic carbocycles. The highest BCUT2D eigenvalue weighted by atomic mass is 19.1. The summed E-state index contributed by atoms with van der Waals surface area (Å²) in [4.78, 5) is 50.1. The molecule has 9 nitrogen and oxygen atoms in total. The third kappa shape index (κ3) is 4.07. The number of carbonyl (C=O) groups excluding carboxylic acids is 4. The van der Waals surface area contributed by atoms with Crippen LogP contribution in [0.1, 0.15) is 13.3 Å². The summed E-state index contributed by atoms with van der Waals surface area (Å²) >= 11 is 0. The van der Waals surface area contributed by atoms with E-state index in [1.165, 1.54) is 37.1 Å². The number of Topliss-reactive ketones (excluding diaryl/α,β-unsaturated/α-hetero) is 2. The molecule has 0 aromatic heterocycles. The molecule has 0 radical (unpaired) electrons. The van der Waals surface area contributed by atoms with Gasteiger partial charge in [-0.15, -0.1) is 0 Å². The molecular formula is C19H22FN3O6. The van der Waals surface area contributed by atoms with E-state index in [-0.39, 0.29) is 49.0 Å². The first-order valence-electron chi connectivity index (χ1n) is 9.12. The lowest BCUT2D eigenvalue weighted by molar-refractivity contribution is -0.149. The molecule has 2 N–H and O–H groups in total. The summed E-state index contributed by atoms with van der Waals surface area (Å²) in [6, 6.07) is 3.22. The largest absolute Gasteiger partial charge is 0.468 e. The second kappa shape index (κ2) is 8.16. The Labute approximate surface area is 166 Å². The van der Waals surface area contributed by atoms with Gasteiger partial charge < -0.3 is 20.1 Å². The van der Waals surface area contributed by atoms with E-state index in [4.69, 9.17) is 10.5 Å². The number of piperidine rings is 1. The summed E-state index contributed by atoms with van der Waals surface area (Å²) < 4.78 is 24.6. The van der Waals surface area contributed by atoms with Gasteiger partial charge in [0.25, 0.3) is 0 Å². The Morgan fingerprint density at radius 2 is 2.03 bits per heavy atom. The van der Waals surface area contributed by atoms with Crippen molar-refractivity contribution in [3.05, 3.63) is 24.0 Å². The Morgan fingerprint density at radius 1 is 1.31 bits per heavy atom. The lowest BCUT2D eigenvalue weighted by Crippen LogP contribution is -2.45. The number of nitrogens with two attached hydrogens (primary N) is 1. The van der Waals surface area contributed by atoms with Gasteiger partial charge in [-0.3, -0.25) is 19.3 Å². The Morgan fingerprint density at radius 3 is 2.66 bits per heavy atom. The number of amides is 1. The molecule has 10 heteroatoms. The second-order valence-electron chi connectivity index (χ2n) is 7.04. The number of carbonyl (C=O) groups is 4. The van der Waals surface area contributed by atoms with Gasteiger partial charge in [0, 0.05) is 19.5 Å². The molecule has 0 aliphatic carbocycles. The molecule has 156 valence electrons. The number of halogens is 1. The molecule has 2 saturated heterocycles. The van der Waals surface area contributed by atoms with E-state index >= 15 is 0 Å². The number of benzene rings is 1. The van der Waals surface area contributed by atoms with Crippen molar-refractivity contribution in [3.8, 4) is 0 Å². The minimum absolute atomic E-state index is 0.0169. The van der Waals surface area contributed by atoms with E-state index < -0.39 is 35.9 Å². The van der Waals surface area contributed by atoms with Crippen molar-refractivity contribution >= 4 is 35.0 Å². The summed E-state index contributed by atoms with van der Waals surface area (Å²) in [5.74, 6) is -2.78. The number of ketones is 2. The van der Waals surface area contributed by atoms with Crippen LogP contribution >= 0.6 is 0 Å². The van der Waals surface area contributed by atoms with E-state index in [1.807, 2.05) is 0 Å². The van der Waals surface area contributed by atoms with E-state index in [1.54, 1.807) is 4.90 Å². The van der Waals surface area contributed by atoms with Crippen molar-refractivity contribution in [1.29, 1.82) is 0 Å². The van der Waals surface area contributed by atoms with Crippen LogP contribution in [0.3, 0.4) is 0 Å². The molecule has 0 spiro atoms. The maximum Gasteiger partial charge on any atom is 0.414 e. The van der Waals surface area contributed by atoms with Gasteiger partial charge in [-0.2, -0.15) is 0 Å². The average molecular weight is 407 g/mol. The molecule has 0 saturated carbocycles. The number of rotatable bonds is 5. The SMILES string of the molecule is COC(=O)[C@H]1CN(c2ccc(N3CC(C(N)C(C)=O)OC3=O)cc2F)CCC1=O. The van der Waals surface area contributed by atoms with Gasteiger partial charge in [0.1, 0.15) is 29.7 Å². The van der Waals surface area contributed by atoms with Crippen LogP contribution in [0.15, 0.2) is 18.2 Å². The first kappa shape index (κ1) is 20.7. The zero-order chi connectivity index (χ0) is 21.3. The van der Waals surface area contributed by atoms with Gasteiger partial charge in [-0.25, -0.2) is 9.18 Å². The zero-order valence-electron chi connectivity index (χ0n) is 16.1. The predicted molar refractivity (Wildman–Crippen MR) is 100 cm³/mol. The topological polar surface area (TPSA) is 119 Å². The van der Waals surface area contributed by atoms with Gasteiger partial charge in [0.05, 0.1) is 25.0 Å². The number of anilines is 2. The van der Waals surface area contributed by atoms with Gasteiger partial charge in [0.2, 0.25) is 0 Å². The van der Waals surface area contributed by atoms with Crippen molar-refractivity contribution in [1.82, 2.24) is 0 Å². The van der Waals surface area contributed by atoms with Gasteiger partial charge >= 0.3 is 12.1 Å². The summed E-state index contributed by atoms with van der Waals surface area (Å²) in [6.45, 7) is 1.62. The highest BCUT2D eigenvalue weighted by molar-refractivity contribution is 6.00. The number of ether oxygens (including phenoxy) is 2. The molecular weight excluding hydrogens is 385 g/mol. The molecule has 3 rings (SSSR count). The van der Waals surface area contributed by atoms with E-state index in [2.05, 4.69) is 4.74 Å². The molecule has 1 aromatic rings. The smallest absolute Gasteiger partial charge is 0.414 e. The molecule has 2 unspecified atom stereocenters. The fraction of sp³-hybridized carbons (Fsp3) is 0.474. The highest BCUT2D eigenvalue weighted by Gasteiger charge is 2.38. The van der Waals surface area contributed by atoms with Crippen LogP contribution in [0.4, 0.5) is 20.6 Å². The van der Waals surface area contributed by atoms with Gasteiger partial charge in [0.15, 0.2) is 5.78 Å². The Hall–Kier alpha value is -3.01. The highest BCUT2D eigenvalue weighted by Crippen LogP contribution is 2.30. The van der Waals surface area contributed by atoms with E-state index in [0.29, 0.717) is 0 Å². The van der Waals surface area contributed by atoms with Crippen LogP contribution in [0, 0.1) is 11.7 Å². The molecule has 2 heterocycles. The van der Waals surface area contributed by atoms with Crippen LogP contribution in [0.25, 0.3) is 0 Å². The fourth-order valence-electron chi connectivity index (χ4n) is 3.46. The third-order valence-electron chi connectivity index (χ3n) is 5.19. The monoisotopic (exact) mass is 407 g/mol. The molecule has 0 bridgehead atoms. The van der Waals surface area contributed by atoms with E-state index in [0.717, 1.165) is 0 Å². The number of nitrogens with zero attached hydrogens (tertiary/aromatic N) is 2. The first-order chi connectivity index (χ1) is 13.7. The van der Waals surface area contributed by atoms with Crippen molar-refractivity contribution in [2.24, 2.45) is 11.7 Å². The van der Waals surface area contributed by atoms with Crippen LogP contribution in [-0.2, 0) is 23.9 Å². The normalized spacial score (nSPS) is 23.0. The van der Waals surface area contributed by atoms with Crippen molar-refractivity contribution in [3.63, 3.8) is 0 Å². The number of methoxy groups -OCH3 is 1. The molecule has 2 aliphatic rings. The summed E-state index contributed by atoms with van der Waals surface area (Å²) in [5.41, 5.74) is 6.20. The van der Waals surface area contributed by atoms with Crippen molar-refractivity contribution < 1.29 is 33.0 Å². The summed E-state index contributed by atoms with van der Waals surface area (Å²) in [7, 11) is 1.20. The molecule has 3 atom stereocenters. The Kier molecular flexibility index (Phi) is 5.83. The number of hydrogen-bond donors (Lipinski definition) is 1. The predicted octanol–water partition coefficient (Wildman–Crippen LogP) is 0.636. The zero-order valence-corrected chi connectivity index (χ0v) is 16.1. The quantitative estimate of drug-likeness (QED) is 0.558. The van der Waals surface area contributed by atoms with Crippen LogP contribution in [-0.4, -0.2) is 62.5 Å². The molecule has 2 fully saturated rings. The minimum Gasteiger partial charge on any atom is -0.468 e. The van der Waals surface area contributed by atoms with Gasteiger partial charge in [-0.1, -0.05) is 0 Å². The summed E-state index contributed by atoms with van der Waals surface area (Å²) in [5, 5.41) is 0. The van der Waals surface area contributed by atoms with Gasteiger partial charge in [-0.05, 0) is 25.1 Å². The Balaban J connectivity index is 1.77. The lowest BCUT2D eigenvalue weighted by atomic mass is 9.96. The fourth-order valence-corrected chi connectivity index (χ4v) is 3.46. The number of cyclic esters (lactones) is 1. The van der Waals surface area contributed by atoms with E-state index in [9.17, 15) is 23.6 Å². The maximum atomic E-state index is 14.8. The number of hydrogen-bond acceptors (Lipinski definition) is 8. The molecule has 1 amide bonds. The molecule has 2 aliphatic heterocycles. The number of esters is 1. The maximum absolute atomic E-state index is 14.8. The standard InChI is InChI=1S/C19H22FN3O6/c1-10(24)17(21)16-9-23(19(27)29-16)11-3-4-14(13(20)7-11)22-6-5-15(25)12(8-22)18(26)28-2/h3-4,7,12,16-17H,5-6,8-9,21H2,1-2H3/t12-,16?,17?/m0/s1. The Bertz CT molecular complexity index is 852. The lowest BCUT2D eigenvalue weighted by Gasteiger charge is -2.32. The first-order valence-corrected chi connectivity index (χ1v) is 9.12. The minimum atomic E-state index is -0.963. The molecule has 29 heavy (non-hydrogen) atoms. The van der Waals surface area contributed by atoms with Crippen LogP contribution in [0.5, 0.6) is 0 Å². The van der Waals surface area contributed by atoms with Crippen molar-refractivity contribution in [2.75, 3.05) is 36.5 Å². The van der Waals surface area contributed by atoms with Crippen LogP contribution < -0.4 is 15.5 Å². The van der Waals surface area contributed by atoms with Crippen LogP contribution in [0.2, 0.25) is 0 Å².